The molecule has 0 atom stereocenters. The SMILES string of the molecule is Cn1cc(Br)c(O[C@H]2CC[C@H](NC(=O)C34CC(NC(=O)O)(C3)C4)CC2)cc1=O. The van der Waals surface area contributed by atoms with Crippen molar-refractivity contribution >= 4 is 27.9 Å². The maximum absolute atomic E-state index is 12.6. The van der Waals surface area contributed by atoms with Gasteiger partial charge >= 0.3 is 6.09 Å². The molecule has 0 radical (unpaired) electrons. The second-order valence-corrected chi connectivity index (χ2v) is 9.38. The van der Waals surface area contributed by atoms with Gasteiger partial charge in [-0.05, 0) is 60.9 Å². The molecule has 2 amide bonds. The Hall–Kier alpha value is -2.03. The van der Waals surface area contributed by atoms with Gasteiger partial charge in [-0.15, -0.1) is 0 Å². The van der Waals surface area contributed by atoms with Gasteiger partial charge in [-0.25, -0.2) is 4.79 Å². The van der Waals surface area contributed by atoms with E-state index >= 15 is 0 Å². The number of nitrogens with one attached hydrogen (secondary N) is 2. The highest BCUT2D eigenvalue weighted by Crippen LogP contribution is 2.67. The lowest BCUT2D eigenvalue weighted by Crippen LogP contribution is -2.78. The van der Waals surface area contributed by atoms with Crippen molar-refractivity contribution in [3.05, 3.63) is 27.1 Å². The van der Waals surface area contributed by atoms with Crippen LogP contribution in [0.5, 0.6) is 5.75 Å². The first kappa shape index (κ1) is 19.3. The van der Waals surface area contributed by atoms with Crippen molar-refractivity contribution in [2.24, 2.45) is 12.5 Å². The van der Waals surface area contributed by atoms with E-state index < -0.39 is 6.09 Å². The zero-order valence-electron chi connectivity index (χ0n) is 15.7. The van der Waals surface area contributed by atoms with Crippen LogP contribution < -0.4 is 20.9 Å². The van der Waals surface area contributed by atoms with Gasteiger partial charge < -0.3 is 25.0 Å². The van der Waals surface area contributed by atoms with Crippen LogP contribution in [-0.4, -0.2) is 39.4 Å². The predicted octanol–water partition coefficient (Wildman–Crippen LogP) is 2.14. The van der Waals surface area contributed by atoms with Crippen LogP contribution in [0.1, 0.15) is 44.9 Å². The standard InChI is InChI=1S/C19H24BrN3O5/c1-23-7-13(20)14(6-15(23)24)28-12-4-2-11(3-5-12)21-16(25)18-8-19(9-18,10-18)22-17(26)27/h6-7,11-12,22H,2-5,8-10H2,1H3,(H,21,25)(H,26,27)/t11-,12-,18?,19?. The summed E-state index contributed by atoms with van der Waals surface area (Å²) in [5.41, 5.74) is -0.854. The van der Waals surface area contributed by atoms with E-state index in [4.69, 9.17) is 9.84 Å². The van der Waals surface area contributed by atoms with Crippen LogP contribution >= 0.6 is 15.9 Å². The summed E-state index contributed by atoms with van der Waals surface area (Å²) in [7, 11) is 1.69. The van der Waals surface area contributed by atoms with Crippen molar-refractivity contribution in [1.82, 2.24) is 15.2 Å². The van der Waals surface area contributed by atoms with Crippen LogP contribution in [0.4, 0.5) is 4.79 Å². The summed E-state index contributed by atoms with van der Waals surface area (Å²) in [6.45, 7) is 0. The summed E-state index contributed by atoms with van der Waals surface area (Å²) in [6.07, 6.45) is 5.79. The van der Waals surface area contributed by atoms with E-state index in [1.807, 2.05) is 0 Å². The van der Waals surface area contributed by atoms with Gasteiger partial charge in [-0.1, -0.05) is 0 Å². The lowest BCUT2D eigenvalue weighted by atomic mass is 9.39. The maximum Gasteiger partial charge on any atom is 0.405 e. The Morgan fingerprint density at radius 2 is 1.89 bits per heavy atom. The number of amides is 2. The average molecular weight is 454 g/mol. The fourth-order valence-electron chi connectivity index (χ4n) is 4.90. The first-order chi connectivity index (χ1) is 13.2. The molecule has 28 heavy (non-hydrogen) atoms. The van der Waals surface area contributed by atoms with Crippen LogP contribution in [0.3, 0.4) is 0 Å². The molecule has 4 aliphatic carbocycles. The molecule has 3 N–H and O–H groups in total. The third-order valence-electron chi connectivity index (χ3n) is 6.33. The Morgan fingerprint density at radius 1 is 1.25 bits per heavy atom. The van der Waals surface area contributed by atoms with Crippen molar-refractivity contribution in [1.29, 1.82) is 0 Å². The van der Waals surface area contributed by atoms with Crippen LogP contribution in [0.2, 0.25) is 0 Å². The molecule has 1 aromatic heterocycles. The van der Waals surface area contributed by atoms with Gasteiger partial charge in [0.2, 0.25) is 5.91 Å². The second-order valence-electron chi connectivity index (χ2n) is 8.52. The number of hydrogen-bond acceptors (Lipinski definition) is 4. The number of aromatic nitrogens is 1. The highest BCUT2D eigenvalue weighted by molar-refractivity contribution is 9.10. The van der Waals surface area contributed by atoms with Gasteiger partial charge in [0.25, 0.3) is 5.56 Å². The molecule has 0 aliphatic heterocycles. The van der Waals surface area contributed by atoms with E-state index in [0.717, 1.165) is 30.2 Å². The molecule has 8 nitrogen and oxygen atoms in total. The molecule has 0 saturated heterocycles. The van der Waals surface area contributed by atoms with Gasteiger partial charge in [-0.3, -0.25) is 9.59 Å². The minimum atomic E-state index is -1.02. The predicted molar refractivity (Wildman–Crippen MR) is 104 cm³/mol. The Balaban J connectivity index is 1.24. The number of hydrogen-bond donors (Lipinski definition) is 3. The summed E-state index contributed by atoms with van der Waals surface area (Å²) in [5.74, 6) is 0.612. The monoisotopic (exact) mass is 453 g/mol. The van der Waals surface area contributed by atoms with E-state index in [1.165, 1.54) is 10.6 Å². The normalized spacial score (nSPS) is 33.2. The molecule has 9 heteroatoms. The Morgan fingerprint density at radius 3 is 2.50 bits per heavy atom. The number of carbonyl (C=O) groups excluding carboxylic acids is 1. The molecule has 0 unspecified atom stereocenters. The smallest absolute Gasteiger partial charge is 0.405 e. The van der Waals surface area contributed by atoms with Gasteiger partial charge in [0.1, 0.15) is 5.75 Å². The largest absolute Gasteiger partial charge is 0.489 e. The molecule has 152 valence electrons. The van der Waals surface area contributed by atoms with Crippen molar-refractivity contribution in [3.63, 3.8) is 0 Å². The number of halogens is 1. The molecule has 1 aromatic rings. The quantitative estimate of drug-likeness (QED) is 0.632. The van der Waals surface area contributed by atoms with Gasteiger partial charge in [-0.2, -0.15) is 0 Å². The minimum Gasteiger partial charge on any atom is -0.489 e. The number of aryl methyl sites for hydroxylation is 1. The summed E-state index contributed by atoms with van der Waals surface area (Å²) < 4.78 is 8.23. The minimum absolute atomic E-state index is 0.0227. The van der Waals surface area contributed by atoms with E-state index in [9.17, 15) is 14.4 Å². The average Bonchev–Trinajstić information content (AvgIpc) is 2.56. The first-order valence-corrected chi connectivity index (χ1v) is 10.3. The Bertz CT molecular complexity index is 855. The van der Waals surface area contributed by atoms with Crippen molar-refractivity contribution in [2.75, 3.05) is 0 Å². The fraction of sp³-hybridized carbons (Fsp3) is 0.632. The highest BCUT2D eigenvalue weighted by atomic mass is 79.9. The first-order valence-electron chi connectivity index (χ1n) is 9.55. The highest BCUT2D eigenvalue weighted by Gasteiger charge is 2.72. The Labute approximate surface area is 170 Å². The van der Waals surface area contributed by atoms with Gasteiger partial charge in [0.15, 0.2) is 0 Å². The number of ether oxygens (including phenoxy) is 1. The molecule has 4 aliphatic rings. The number of carbonyl (C=O) groups is 2. The van der Waals surface area contributed by atoms with Crippen LogP contribution in [0, 0.1) is 5.41 Å². The van der Waals surface area contributed by atoms with E-state index in [1.54, 1.807) is 13.2 Å². The molecule has 5 rings (SSSR count). The van der Waals surface area contributed by atoms with E-state index in [2.05, 4.69) is 26.6 Å². The number of rotatable bonds is 5. The summed E-state index contributed by atoms with van der Waals surface area (Å²) in [6, 6.07) is 1.61. The summed E-state index contributed by atoms with van der Waals surface area (Å²) in [5, 5.41) is 14.5. The van der Waals surface area contributed by atoms with Gasteiger partial charge in [0, 0.05) is 30.9 Å². The number of nitrogens with zero attached hydrogens (tertiary/aromatic N) is 1. The van der Waals surface area contributed by atoms with Crippen molar-refractivity contribution < 1.29 is 19.4 Å². The third kappa shape index (κ3) is 3.40. The summed E-state index contributed by atoms with van der Waals surface area (Å²) in [4.78, 5) is 35.2. The van der Waals surface area contributed by atoms with Gasteiger partial charge in [0.05, 0.1) is 16.0 Å². The number of pyridine rings is 1. The lowest BCUT2D eigenvalue weighted by Gasteiger charge is -2.68. The zero-order valence-corrected chi connectivity index (χ0v) is 17.3. The molecule has 2 bridgehead atoms. The maximum atomic E-state index is 12.6. The van der Waals surface area contributed by atoms with E-state index in [-0.39, 0.29) is 34.6 Å². The zero-order chi connectivity index (χ0) is 20.1. The van der Waals surface area contributed by atoms with Crippen LogP contribution in [-0.2, 0) is 11.8 Å². The lowest BCUT2D eigenvalue weighted by molar-refractivity contribution is -0.179. The fourth-order valence-corrected chi connectivity index (χ4v) is 5.42. The molecule has 0 aromatic carbocycles. The molecule has 1 heterocycles. The third-order valence-corrected chi connectivity index (χ3v) is 6.93. The summed E-state index contributed by atoms with van der Waals surface area (Å²) >= 11 is 3.43. The Kier molecular flexibility index (Phi) is 4.68. The second kappa shape index (κ2) is 6.79. The molecular weight excluding hydrogens is 430 g/mol. The molecule has 4 saturated carbocycles. The van der Waals surface area contributed by atoms with Crippen molar-refractivity contribution in [3.8, 4) is 5.75 Å². The van der Waals surface area contributed by atoms with Crippen LogP contribution in [0.25, 0.3) is 0 Å². The molecule has 0 spiro atoms. The van der Waals surface area contributed by atoms with Crippen LogP contribution in [0.15, 0.2) is 21.5 Å². The molecule has 4 fully saturated rings. The van der Waals surface area contributed by atoms with Crippen molar-refractivity contribution in [2.45, 2.75) is 62.6 Å². The topological polar surface area (TPSA) is 110 Å². The van der Waals surface area contributed by atoms with E-state index in [0.29, 0.717) is 25.0 Å². The number of carboxylic acid groups (broad SMARTS) is 1. The molecular formula is C19H24BrN3O5.